The normalized spacial score (nSPS) is 12.0. The zero-order valence-electron chi connectivity index (χ0n) is 8.84. The van der Waals surface area contributed by atoms with E-state index in [4.69, 9.17) is 0 Å². The standard InChI is InChI=1S/C9H17BrN2O2/c1-4-7(10)9(14)12(3)6-8(13)11-5-2/h7H,4-6H2,1-3H3,(H,11,13). The van der Waals surface area contributed by atoms with Crippen LogP contribution in [0.4, 0.5) is 0 Å². The van der Waals surface area contributed by atoms with Crippen LogP contribution >= 0.6 is 15.9 Å². The van der Waals surface area contributed by atoms with E-state index in [9.17, 15) is 9.59 Å². The van der Waals surface area contributed by atoms with Crippen LogP contribution in [0, 0.1) is 0 Å². The molecule has 0 aliphatic heterocycles. The molecule has 0 saturated heterocycles. The third-order valence-electron chi connectivity index (χ3n) is 1.76. The average molecular weight is 265 g/mol. The fourth-order valence-corrected chi connectivity index (χ4v) is 1.31. The molecule has 0 radical (unpaired) electrons. The Bertz CT molecular complexity index is 209. The van der Waals surface area contributed by atoms with E-state index in [1.165, 1.54) is 4.90 Å². The summed E-state index contributed by atoms with van der Waals surface area (Å²) >= 11 is 3.25. The predicted molar refractivity (Wildman–Crippen MR) is 59.3 cm³/mol. The maximum atomic E-state index is 11.5. The van der Waals surface area contributed by atoms with Gasteiger partial charge < -0.3 is 10.2 Å². The van der Waals surface area contributed by atoms with Crippen molar-refractivity contribution >= 4 is 27.7 Å². The van der Waals surface area contributed by atoms with Gasteiger partial charge in [-0.3, -0.25) is 9.59 Å². The number of nitrogens with zero attached hydrogens (tertiary/aromatic N) is 1. The molecule has 0 rings (SSSR count). The number of rotatable bonds is 5. The molecule has 0 fully saturated rings. The second-order valence-electron chi connectivity index (χ2n) is 3.02. The molecular formula is C9H17BrN2O2. The highest BCUT2D eigenvalue weighted by Gasteiger charge is 2.18. The smallest absolute Gasteiger partial charge is 0.239 e. The van der Waals surface area contributed by atoms with Gasteiger partial charge in [-0.2, -0.15) is 0 Å². The van der Waals surface area contributed by atoms with Crippen LogP contribution < -0.4 is 5.32 Å². The molecule has 2 amide bonds. The lowest BCUT2D eigenvalue weighted by atomic mass is 10.3. The summed E-state index contributed by atoms with van der Waals surface area (Å²) in [5.74, 6) is -0.182. The van der Waals surface area contributed by atoms with Gasteiger partial charge in [0.25, 0.3) is 0 Å². The van der Waals surface area contributed by atoms with E-state index in [-0.39, 0.29) is 23.2 Å². The number of carbonyl (C=O) groups excluding carboxylic acids is 2. The Labute approximate surface area is 93.2 Å². The molecule has 14 heavy (non-hydrogen) atoms. The van der Waals surface area contributed by atoms with Crippen molar-refractivity contribution in [2.45, 2.75) is 25.1 Å². The molecule has 5 heteroatoms. The van der Waals surface area contributed by atoms with Gasteiger partial charge in [0, 0.05) is 13.6 Å². The highest BCUT2D eigenvalue weighted by Crippen LogP contribution is 2.07. The summed E-state index contributed by atoms with van der Waals surface area (Å²) in [5, 5.41) is 2.64. The fourth-order valence-electron chi connectivity index (χ4n) is 0.960. The van der Waals surface area contributed by atoms with Gasteiger partial charge in [0.15, 0.2) is 0 Å². The Morgan fingerprint density at radius 3 is 2.43 bits per heavy atom. The van der Waals surface area contributed by atoms with Crippen LogP contribution in [0.3, 0.4) is 0 Å². The number of likely N-dealkylation sites (N-methyl/N-ethyl adjacent to an activating group) is 2. The zero-order chi connectivity index (χ0) is 11.1. The first-order chi connectivity index (χ1) is 6.52. The number of alkyl halides is 1. The number of carbonyl (C=O) groups is 2. The minimum Gasteiger partial charge on any atom is -0.355 e. The minimum absolute atomic E-state index is 0.0567. The summed E-state index contributed by atoms with van der Waals surface area (Å²) in [6.07, 6.45) is 0.721. The molecule has 0 heterocycles. The number of halogens is 1. The molecule has 82 valence electrons. The van der Waals surface area contributed by atoms with Gasteiger partial charge in [-0.1, -0.05) is 22.9 Å². The Hall–Kier alpha value is -0.580. The lowest BCUT2D eigenvalue weighted by Gasteiger charge is -2.18. The first-order valence-electron chi connectivity index (χ1n) is 4.68. The Kier molecular flexibility index (Phi) is 6.53. The maximum Gasteiger partial charge on any atom is 0.239 e. The third-order valence-corrected chi connectivity index (χ3v) is 2.80. The third kappa shape index (κ3) is 4.60. The SMILES string of the molecule is CCNC(=O)CN(C)C(=O)C(Br)CC. The first kappa shape index (κ1) is 13.4. The van der Waals surface area contributed by atoms with Crippen LogP contribution in [0.15, 0.2) is 0 Å². The molecule has 1 N–H and O–H groups in total. The molecule has 0 saturated carbocycles. The number of amides is 2. The molecule has 0 bridgehead atoms. The highest BCUT2D eigenvalue weighted by atomic mass is 79.9. The van der Waals surface area contributed by atoms with Gasteiger partial charge in [0.1, 0.15) is 0 Å². The van der Waals surface area contributed by atoms with Crippen molar-refractivity contribution < 1.29 is 9.59 Å². The molecule has 0 spiro atoms. The van der Waals surface area contributed by atoms with E-state index >= 15 is 0 Å². The molecule has 0 aromatic carbocycles. The molecule has 1 unspecified atom stereocenters. The van der Waals surface area contributed by atoms with Crippen LogP contribution in [0.1, 0.15) is 20.3 Å². The first-order valence-corrected chi connectivity index (χ1v) is 5.60. The second-order valence-corrected chi connectivity index (χ2v) is 4.13. The average Bonchev–Trinajstić information content (AvgIpc) is 2.15. The van der Waals surface area contributed by atoms with Crippen molar-refractivity contribution in [2.75, 3.05) is 20.1 Å². The Morgan fingerprint density at radius 1 is 1.43 bits per heavy atom. The molecular weight excluding hydrogens is 248 g/mol. The highest BCUT2D eigenvalue weighted by molar-refractivity contribution is 9.10. The number of nitrogens with one attached hydrogen (secondary N) is 1. The van der Waals surface area contributed by atoms with Crippen LogP contribution in [-0.4, -0.2) is 41.7 Å². The van der Waals surface area contributed by atoms with Crippen molar-refractivity contribution in [1.82, 2.24) is 10.2 Å². The fraction of sp³-hybridized carbons (Fsp3) is 0.778. The minimum atomic E-state index is -0.193. The topological polar surface area (TPSA) is 49.4 Å². The van der Waals surface area contributed by atoms with E-state index < -0.39 is 0 Å². The molecule has 1 atom stereocenters. The predicted octanol–water partition coefficient (Wildman–Crippen LogP) is 0.754. The van der Waals surface area contributed by atoms with Crippen LogP contribution in [0.25, 0.3) is 0 Å². The van der Waals surface area contributed by atoms with E-state index in [2.05, 4.69) is 21.2 Å². The van der Waals surface area contributed by atoms with Crippen molar-refractivity contribution in [2.24, 2.45) is 0 Å². The lowest BCUT2D eigenvalue weighted by Crippen LogP contribution is -2.41. The molecule has 4 nitrogen and oxygen atoms in total. The molecule has 0 aromatic heterocycles. The Morgan fingerprint density at radius 2 is 2.00 bits per heavy atom. The van der Waals surface area contributed by atoms with Crippen molar-refractivity contribution in [3.8, 4) is 0 Å². The van der Waals surface area contributed by atoms with Gasteiger partial charge in [-0.25, -0.2) is 0 Å². The molecule has 0 aliphatic rings. The van der Waals surface area contributed by atoms with Gasteiger partial charge >= 0.3 is 0 Å². The lowest BCUT2D eigenvalue weighted by molar-refractivity contribution is -0.134. The zero-order valence-corrected chi connectivity index (χ0v) is 10.4. The van der Waals surface area contributed by atoms with Crippen LogP contribution in [0.5, 0.6) is 0 Å². The Balaban J connectivity index is 4.01. The van der Waals surface area contributed by atoms with Gasteiger partial charge in [0.2, 0.25) is 11.8 Å². The van der Waals surface area contributed by atoms with Gasteiger partial charge in [0.05, 0.1) is 11.4 Å². The maximum absolute atomic E-state index is 11.5. The number of hydrogen-bond donors (Lipinski definition) is 1. The van der Waals surface area contributed by atoms with E-state index in [1.54, 1.807) is 7.05 Å². The van der Waals surface area contributed by atoms with Crippen molar-refractivity contribution in [3.63, 3.8) is 0 Å². The molecule has 0 aromatic rings. The summed E-state index contributed by atoms with van der Waals surface area (Å²) in [6, 6.07) is 0. The monoisotopic (exact) mass is 264 g/mol. The number of hydrogen-bond acceptors (Lipinski definition) is 2. The van der Waals surface area contributed by atoms with Gasteiger partial charge in [-0.15, -0.1) is 0 Å². The van der Waals surface area contributed by atoms with Crippen LogP contribution in [-0.2, 0) is 9.59 Å². The quantitative estimate of drug-likeness (QED) is 0.746. The largest absolute Gasteiger partial charge is 0.355 e. The summed E-state index contributed by atoms with van der Waals surface area (Å²) in [7, 11) is 1.63. The summed E-state index contributed by atoms with van der Waals surface area (Å²) in [6.45, 7) is 4.47. The van der Waals surface area contributed by atoms with E-state index in [0.717, 1.165) is 6.42 Å². The molecule has 0 aliphatic carbocycles. The second kappa shape index (κ2) is 6.81. The van der Waals surface area contributed by atoms with Crippen molar-refractivity contribution in [1.29, 1.82) is 0 Å². The van der Waals surface area contributed by atoms with Gasteiger partial charge in [-0.05, 0) is 13.3 Å². The van der Waals surface area contributed by atoms with E-state index in [0.29, 0.717) is 6.54 Å². The summed E-state index contributed by atoms with van der Waals surface area (Å²) < 4.78 is 0. The summed E-state index contributed by atoms with van der Waals surface area (Å²) in [4.78, 5) is 23.9. The van der Waals surface area contributed by atoms with E-state index in [1.807, 2.05) is 13.8 Å². The summed E-state index contributed by atoms with van der Waals surface area (Å²) in [5.41, 5.74) is 0. The van der Waals surface area contributed by atoms with Crippen molar-refractivity contribution in [3.05, 3.63) is 0 Å². The van der Waals surface area contributed by atoms with Crippen LogP contribution in [0.2, 0.25) is 0 Å².